The third kappa shape index (κ3) is 3.57. The Morgan fingerprint density at radius 3 is 2.67 bits per heavy atom. The monoisotopic (exact) mass is 310 g/mol. The zero-order chi connectivity index (χ0) is 15.6. The Hall–Kier alpha value is -2.42. The molecule has 112 valence electrons. The lowest BCUT2D eigenvalue weighted by molar-refractivity contribution is -0.384. The van der Waals surface area contributed by atoms with Crippen LogP contribution in [-0.4, -0.2) is 29.4 Å². The minimum atomic E-state index is -3.48. The number of anilines is 1. The van der Waals surface area contributed by atoms with Gasteiger partial charge < -0.3 is 5.32 Å². The molecule has 0 unspecified atom stereocenters. The molecule has 0 fully saturated rings. The summed E-state index contributed by atoms with van der Waals surface area (Å²) < 4.78 is 24.5. The van der Waals surface area contributed by atoms with E-state index in [1.807, 2.05) is 0 Å². The van der Waals surface area contributed by atoms with Gasteiger partial charge in [-0.3, -0.25) is 14.8 Å². The van der Waals surface area contributed by atoms with Crippen LogP contribution in [0.5, 0.6) is 0 Å². The molecule has 9 heteroatoms. The summed E-state index contributed by atoms with van der Waals surface area (Å²) in [6, 6.07) is 3.79. The van der Waals surface area contributed by atoms with Crippen LogP contribution in [0.25, 0.3) is 0 Å². The second-order valence-electron chi connectivity index (χ2n) is 4.58. The Labute approximate surface area is 121 Å². The Morgan fingerprint density at radius 1 is 1.43 bits per heavy atom. The number of benzene rings is 1. The van der Waals surface area contributed by atoms with Gasteiger partial charge in [0.05, 0.1) is 16.0 Å². The number of aryl methyl sites for hydroxylation is 1. The molecule has 0 saturated heterocycles. The van der Waals surface area contributed by atoms with E-state index in [2.05, 4.69) is 10.4 Å². The largest absolute Gasteiger partial charge is 0.375 e. The number of hydrogen-bond acceptors (Lipinski definition) is 6. The summed E-state index contributed by atoms with van der Waals surface area (Å²) in [6.45, 7) is 0.354. The van der Waals surface area contributed by atoms with Crippen molar-refractivity contribution in [1.29, 1.82) is 0 Å². The Bertz CT molecular complexity index is 782. The molecule has 0 spiro atoms. The summed E-state index contributed by atoms with van der Waals surface area (Å²) in [5.41, 5.74) is 0.844. The van der Waals surface area contributed by atoms with Gasteiger partial charge in [-0.15, -0.1) is 0 Å². The summed E-state index contributed by atoms with van der Waals surface area (Å²) in [5.74, 6) is 0. The van der Waals surface area contributed by atoms with Crippen molar-refractivity contribution in [2.45, 2.75) is 11.4 Å². The van der Waals surface area contributed by atoms with Crippen LogP contribution in [0.3, 0.4) is 0 Å². The van der Waals surface area contributed by atoms with Crippen molar-refractivity contribution in [2.24, 2.45) is 7.05 Å². The number of rotatable bonds is 5. The third-order valence-electron chi connectivity index (χ3n) is 2.84. The van der Waals surface area contributed by atoms with E-state index in [0.717, 1.165) is 17.9 Å². The van der Waals surface area contributed by atoms with Crippen molar-refractivity contribution in [1.82, 2.24) is 9.78 Å². The molecule has 0 aliphatic heterocycles. The van der Waals surface area contributed by atoms with Gasteiger partial charge >= 0.3 is 0 Å². The number of nitrogens with one attached hydrogen (secondary N) is 1. The molecule has 0 amide bonds. The van der Waals surface area contributed by atoms with Crippen LogP contribution < -0.4 is 5.32 Å². The van der Waals surface area contributed by atoms with E-state index in [1.165, 1.54) is 12.1 Å². The van der Waals surface area contributed by atoms with Gasteiger partial charge in [-0.25, -0.2) is 8.42 Å². The van der Waals surface area contributed by atoms with Gasteiger partial charge in [-0.2, -0.15) is 5.10 Å². The van der Waals surface area contributed by atoms with Crippen LogP contribution >= 0.6 is 0 Å². The van der Waals surface area contributed by atoms with E-state index < -0.39 is 14.8 Å². The van der Waals surface area contributed by atoms with E-state index in [4.69, 9.17) is 0 Å². The second kappa shape index (κ2) is 5.52. The summed E-state index contributed by atoms with van der Waals surface area (Å²) in [5, 5.41) is 18.0. The average Bonchev–Trinajstić information content (AvgIpc) is 2.80. The topological polar surface area (TPSA) is 107 Å². The molecule has 2 rings (SSSR count). The first kappa shape index (κ1) is 15.0. The number of sulfone groups is 1. The summed E-state index contributed by atoms with van der Waals surface area (Å²) in [4.78, 5) is 10.4. The van der Waals surface area contributed by atoms with Gasteiger partial charge in [0, 0.05) is 37.7 Å². The van der Waals surface area contributed by atoms with Crippen molar-refractivity contribution in [3.8, 4) is 0 Å². The molecule has 2 aromatic rings. The van der Waals surface area contributed by atoms with Crippen molar-refractivity contribution in [2.75, 3.05) is 11.6 Å². The summed E-state index contributed by atoms with van der Waals surface area (Å²) in [7, 11) is -1.71. The molecular weight excluding hydrogens is 296 g/mol. The van der Waals surface area contributed by atoms with Gasteiger partial charge in [0.1, 0.15) is 5.69 Å². The summed E-state index contributed by atoms with van der Waals surface area (Å²) >= 11 is 0. The lowest BCUT2D eigenvalue weighted by Crippen LogP contribution is -2.04. The molecule has 0 saturated carbocycles. The number of aromatic nitrogens is 2. The maximum Gasteiger partial charge on any atom is 0.293 e. The zero-order valence-corrected chi connectivity index (χ0v) is 12.3. The molecule has 21 heavy (non-hydrogen) atoms. The molecule has 0 aliphatic rings. The first-order valence-corrected chi connectivity index (χ1v) is 7.86. The van der Waals surface area contributed by atoms with Crippen LogP contribution in [0.4, 0.5) is 11.4 Å². The van der Waals surface area contributed by atoms with Crippen molar-refractivity contribution in [3.05, 3.63) is 46.3 Å². The molecule has 8 nitrogen and oxygen atoms in total. The van der Waals surface area contributed by atoms with Gasteiger partial charge in [-0.1, -0.05) is 0 Å². The molecule has 0 aliphatic carbocycles. The fraction of sp³-hybridized carbons (Fsp3) is 0.250. The highest BCUT2D eigenvalue weighted by atomic mass is 32.2. The van der Waals surface area contributed by atoms with E-state index in [0.29, 0.717) is 6.54 Å². The smallest absolute Gasteiger partial charge is 0.293 e. The molecular formula is C12H14N4O4S. The van der Waals surface area contributed by atoms with Crippen molar-refractivity contribution < 1.29 is 13.3 Å². The highest BCUT2D eigenvalue weighted by molar-refractivity contribution is 7.90. The Morgan fingerprint density at radius 2 is 2.14 bits per heavy atom. The fourth-order valence-corrected chi connectivity index (χ4v) is 2.44. The van der Waals surface area contributed by atoms with E-state index in [1.54, 1.807) is 24.1 Å². The van der Waals surface area contributed by atoms with Crippen LogP contribution in [0.1, 0.15) is 5.56 Å². The third-order valence-corrected chi connectivity index (χ3v) is 3.95. The zero-order valence-electron chi connectivity index (χ0n) is 11.5. The van der Waals surface area contributed by atoms with Crippen LogP contribution in [-0.2, 0) is 23.4 Å². The normalized spacial score (nSPS) is 11.3. The molecule has 0 bridgehead atoms. The average molecular weight is 310 g/mol. The predicted molar refractivity (Wildman–Crippen MR) is 76.7 cm³/mol. The van der Waals surface area contributed by atoms with Gasteiger partial charge in [0.15, 0.2) is 9.84 Å². The Kier molecular flexibility index (Phi) is 3.94. The fourth-order valence-electron chi connectivity index (χ4n) is 1.80. The van der Waals surface area contributed by atoms with Crippen LogP contribution in [0.15, 0.2) is 35.5 Å². The van der Waals surface area contributed by atoms with Gasteiger partial charge in [-0.05, 0) is 12.1 Å². The minimum Gasteiger partial charge on any atom is -0.375 e. The number of nitrogens with zero attached hydrogens (tertiary/aromatic N) is 3. The van der Waals surface area contributed by atoms with Crippen LogP contribution in [0, 0.1) is 10.1 Å². The lowest BCUT2D eigenvalue weighted by atomic mass is 10.2. The first-order chi connectivity index (χ1) is 9.77. The lowest BCUT2D eigenvalue weighted by Gasteiger charge is -2.07. The van der Waals surface area contributed by atoms with Gasteiger partial charge in [0.2, 0.25) is 0 Å². The molecule has 0 radical (unpaired) electrons. The second-order valence-corrected chi connectivity index (χ2v) is 6.60. The van der Waals surface area contributed by atoms with Crippen molar-refractivity contribution >= 4 is 21.2 Å². The maximum absolute atomic E-state index is 11.4. The first-order valence-electron chi connectivity index (χ1n) is 5.97. The number of hydrogen-bond donors (Lipinski definition) is 1. The van der Waals surface area contributed by atoms with E-state index in [-0.39, 0.29) is 16.3 Å². The van der Waals surface area contributed by atoms with Crippen LogP contribution in [0.2, 0.25) is 0 Å². The van der Waals surface area contributed by atoms with Gasteiger partial charge in [0.25, 0.3) is 5.69 Å². The van der Waals surface area contributed by atoms with E-state index >= 15 is 0 Å². The van der Waals surface area contributed by atoms with Crippen molar-refractivity contribution in [3.63, 3.8) is 0 Å². The molecule has 1 aromatic heterocycles. The number of nitro groups is 1. The molecule has 0 atom stereocenters. The standard InChI is InChI=1S/C12H14N4O4S/c1-15-8-9(7-14-15)6-13-11-4-3-10(21(2,19)20)5-12(11)16(17)18/h3-5,7-8,13H,6H2,1-2H3. The molecule has 1 N–H and O–H groups in total. The number of nitro benzene ring substituents is 1. The summed E-state index contributed by atoms with van der Waals surface area (Å²) in [6.07, 6.45) is 4.43. The quantitative estimate of drug-likeness (QED) is 0.659. The van der Waals surface area contributed by atoms with E-state index in [9.17, 15) is 18.5 Å². The minimum absolute atomic E-state index is 0.0823. The SMILES string of the molecule is Cn1cc(CNc2ccc(S(C)(=O)=O)cc2[N+](=O)[O-])cn1. The highest BCUT2D eigenvalue weighted by Gasteiger charge is 2.18. The molecule has 1 aromatic carbocycles. The highest BCUT2D eigenvalue weighted by Crippen LogP contribution is 2.27. The predicted octanol–water partition coefficient (Wildman–Crippen LogP) is 1.34. The Balaban J connectivity index is 2.28. The maximum atomic E-state index is 11.4. The molecule has 1 heterocycles.